The largest absolute Gasteiger partial charge is 0.416 e. The summed E-state index contributed by atoms with van der Waals surface area (Å²) in [7, 11) is 0. The number of hydrogen-bond donors (Lipinski definition) is 0. The summed E-state index contributed by atoms with van der Waals surface area (Å²) in [6.45, 7) is 1.11. The molecule has 0 saturated carbocycles. The lowest BCUT2D eigenvalue weighted by molar-refractivity contribution is -0.138. The minimum absolute atomic E-state index is 0.0377. The Bertz CT molecular complexity index is 663. The highest BCUT2D eigenvalue weighted by Gasteiger charge is 2.33. The molecule has 124 valence electrons. The van der Waals surface area contributed by atoms with Crippen LogP contribution in [-0.2, 0) is 19.3 Å². The highest BCUT2D eigenvalue weighted by atomic mass is 19.4. The van der Waals surface area contributed by atoms with Gasteiger partial charge in [0.1, 0.15) is 6.67 Å². The predicted molar refractivity (Wildman–Crippen MR) is 77.6 cm³/mol. The zero-order chi connectivity index (χ0) is 16.4. The molecule has 0 radical (unpaired) electrons. The van der Waals surface area contributed by atoms with Gasteiger partial charge in [-0.1, -0.05) is 18.2 Å². The lowest BCUT2D eigenvalue weighted by Crippen LogP contribution is -2.48. The molecule has 0 aliphatic carbocycles. The van der Waals surface area contributed by atoms with Crippen LogP contribution in [0.1, 0.15) is 23.1 Å². The lowest BCUT2D eigenvalue weighted by atomic mass is 10.0. The Morgan fingerprint density at radius 2 is 1.96 bits per heavy atom. The molecule has 1 saturated heterocycles. The fourth-order valence-corrected chi connectivity index (χ4v) is 2.80. The second kappa shape index (κ2) is 6.31. The summed E-state index contributed by atoms with van der Waals surface area (Å²) in [5.74, 6) is 0. The third-order valence-electron chi connectivity index (χ3n) is 4.17. The van der Waals surface area contributed by atoms with E-state index >= 15 is 0 Å². The van der Waals surface area contributed by atoms with Crippen molar-refractivity contribution >= 4 is 0 Å². The molecule has 1 aliphatic rings. The topological polar surface area (TPSA) is 21.1 Å². The molecule has 7 heteroatoms. The number of halogens is 4. The lowest BCUT2D eigenvalue weighted by Gasteiger charge is -2.38. The SMILES string of the molecule is FCC1CCN1Cc1cnn(Cc2ccccc2C(F)(F)F)c1. The second-order valence-electron chi connectivity index (χ2n) is 5.77. The van der Waals surface area contributed by atoms with Gasteiger partial charge in [0.25, 0.3) is 0 Å². The summed E-state index contributed by atoms with van der Waals surface area (Å²) in [5, 5.41) is 4.13. The van der Waals surface area contributed by atoms with Crippen molar-refractivity contribution in [3.8, 4) is 0 Å². The number of nitrogens with zero attached hydrogens (tertiary/aromatic N) is 3. The summed E-state index contributed by atoms with van der Waals surface area (Å²) in [4.78, 5) is 2.00. The van der Waals surface area contributed by atoms with Crippen LogP contribution < -0.4 is 0 Å². The van der Waals surface area contributed by atoms with Gasteiger partial charge in [-0.3, -0.25) is 9.58 Å². The highest BCUT2D eigenvalue weighted by Crippen LogP contribution is 2.32. The van der Waals surface area contributed by atoms with Crippen LogP contribution in [0.25, 0.3) is 0 Å². The van der Waals surface area contributed by atoms with E-state index in [4.69, 9.17) is 0 Å². The fourth-order valence-electron chi connectivity index (χ4n) is 2.80. The molecule has 23 heavy (non-hydrogen) atoms. The molecule has 1 unspecified atom stereocenters. The van der Waals surface area contributed by atoms with Crippen molar-refractivity contribution in [2.24, 2.45) is 0 Å². The van der Waals surface area contributed by atoms with Crippen LogP contribution in [0.2, 0.25) is 0 Å². The first-order chi connectivity index (χ1) is 11.0. The molecule has 0 bridgehead atoms. The Kier molecular flexibility index (Phi) is 4.39. The van der Waals surface area contributed by atoms with Crippen molar-refractivity contribution in [1.29, 1.82) is 0 Å². The normalized spacial score (nSPS) is 18.9. The van der Waals surface area contributed by atoms with Crippen LogP contribution in [0.4, 0.5) is 17.6 Å². The van der Waals surface area contributed by atoms with Crippen LogP contribution in [0.3, 0.4) is 0 Å². The Balaban J connectivity index is 1.70. The minimum atomic E-state index is -4.38. The number of alkyl halides is 4. The van der Waals surface area contributed by atoms with E-state index in [9.17, 15) is 17.6 Å². The van der Waals surface area contributed by atoms with Crippen LogP contribution >= 0.6 is 0 Å². The van der Waals surface area contributed by atoms with Gasteiger partial charge in [-0.05, 0) is 18.1 Å². The van der Waals surface area contributed by atoms with Gasteiger partial charge in [-0.25, -0.2) is 4.39 Å². The summed E-state index contributed by atoms with van der Waals surface area (Å²) < 4.78 is 53.1. The van der Waals surface area contributed by atoms with E-state index in [0.29, 0.717) is 6.54 Å². The second-order valence-corrected chi connectivity index (χ2v) is 5.77. The molecule has 0 amide bonds. The van der Waals surface area contributed by atoms with E-state index in [1.807, 2.05) is 4.90 Å². The average molecular weight is 327 g/mol. The van der Waals surface area contributed by atoms with Crippen molar-refractivity contribution in [2.45, 2.75) is 31.7 Å². The molecule has 2 aromatic rings. The van der Waals surface area contributed by atoms with E-state index in [1.54, 1.807) is 18.5 Å². The monoisotopic (exact) mass is 327 g/mol. The van der Waals surface area contributed by atoms with Gasteiger partial charge in [0.2, 0.25) is 0 Å². The van der Waals surface area contributed by atoms with Crippen molar-refractivity contribution in [3.63, 3.8) is 0 Å². The summed E-state index contributed by atoms with van der Waals surface area (Å²) in [6.07, 6.45) is -0.174. The van der Waals surface area contributed by atoms with Crippen molar-refractivity contribution in [1.82, 2.24) is 14.7 Å². The van der Waals surface area contributed by atoms with Crippen molar-refractivity contribution < 1.29 is 17.6 Å². The number of likely N-dealkylation sites (tertiary alicyclic amines) is 1. The van der Waals surface area contributed by atoms with E-state index in [-0.39, 0.29) is 24.8 Å². The van der Waals surface area contributed by atoms with E-state index < -0.39 is 11.7 Å². The number of benzene rings is 1. The first-order valence-electron chi connectivity index (χ1n) is 7.44. The van der Waals surface area contributed by atoms with Gasteiger partial charge >= 0.3 is 6.18 Å². The number of rotatable bonds is 5. The van der Waals surface area contributed by atoms with Gasteiger partial charge in [0, 0.05) is 30.9 Å². The number of aromatic nitrogens is 2. The van der Waals surface area contributed by atoms with Crippen LogP contribution in [0, 0.1) is 0 Å². The molecule has 3 rings (SSSR count). The van der Waals surface area contributed by atoms with E-state index in [2.05, 4.69) is 5.10 Å². The molecule has 1 aromatic heterocycles. The van der Waals surface area contributed by atoms with Gasteiger partial charge in [-0.2, -0.15) is 18.3 Å². The smallest absolute Gasteiger partial charge is 0.293 e. The maximum absolute atomic E-state index is 13.0. The Morgan fingerprint density at radius 1 is 1.17 bits per heavy atom. The van der Waals surface area contributed by atoms with Crippen LogP contribution in [0.15, 0.2) is 36.7 Å². The van der Waals surface area contributed by atoms with Crippen LogP contribution in [0.5, 0.6) is 0 Å². The summed E-state index contributed by atoms with van der Waals surface area (Å²) in [6, 6.07) is 5.46. The van der Waals surface area contributed by atoms with E-state index in [0.717, 1.165) is 24.6 Å². The van der Waals surface area contributed by atoms with Gasteiger partial charge in [-0.15, -0.1) is 0 Å². The Hall–Kier alpha value is -1.89. The molecule has 3 nitrogen and oxygen atoms in total. The predicted octanol–water partition coefficient (Wildman–Crippen LogP) is 3.49. The third kappa shape index (κ3) is 3.55. The maximum atomic E-state index is 13.0. The molecule has 1 aliphatic heterocycles. The molecular formula is C16H17F4N3. The summed E-state index contributed by atoms with van der Waals surface area (Å²) >= 11 is 0. The minimum Gasteiger partial charge on any atom is -0.293 e. The molecule has 0 spiro atoms. The standard InChI is InChI=1S/C16H17F4N3/c17-7-14-5-6-22(14)9-12-8-21-23(10-12)11-13-3-1-2-4-15(13)16(18,19)20/h1-4,8,10,14H,5-7,9,11H2. The van der Waals surface area contributed by atoms with Gasteiger partial charge < -0.3 is 0 Å². The number of hydrogen-bond acceptors (Lipinski definition) is 2. The van der Waals surface area contributed by atoms with Crippen molar-refractivity contribution in [3.05, 3.63) is 53.3 Å². The quantitative estimate of drug-likeness (QED) is 0.784. The Morgan fingerprint density at radius 3 is 2.61 bits per heavy atom. The molecular weight excluding hydrogens is 310 g/mol. The van der Waals surface area contributed by atoms with Crippen molar-refractivity contribution in [2.75, 3.05) is 13.2 Å². The Labute approximate surface area is 131 Å². The van der Waals surface area contributed by atoms with Crippen LogP contribution in [-0.4, -0.2) is 33.9 Å². The first kappa shape index (κ1) is 16.0. The average Bonchev–Trinajstić information content (AvgIpc) is 2.91. The molecule has 0 N–H and O–H groups in total. The fraction of sp³-hybridized carbons (Fsp3) is 0.438. The molecule has 1 fully saturated rings. The highest BCUT2D eigenvalue weighted by molar-refractivity contribution is 5.29. The molecule has 2 heterocycles. The maximum Gasteiger partial charge on any atom is 0.416 e. The summed E-state index contributed by atoms with van der Waals surface area (Å²) in [5.41, 5.74) is 0.421. The first-order valence-corrected chi connectivity index (χ1v) is 7.44. The van der Waals surface area contributed by atoms with Gasteiger partial charge in [0.05, 0.1) is 18.3 Å². The van der Waals surface area contributed by atoms with E-state index in [1.165, 1.54) is 16.8 Å². The zero-order valence-electron chi connectivity index (χ0n) is 12.4. The third-order valence-corrected chi connectivity index (χ3v) is 4.17. The molecule has 1 atom stereocenters. The zero-order valence-corrected chi connectivity index (χ0v) is 12.4. The van der Waals surface area contributed by atoms with Gasteiger partial charge in [0.15, 0.2) is 0 Å². The molecule has 1 aromatic carbocycles.